The topological polar surface area (TPSA) is 48.9 Å². The Morgan fingerprint density at radius 2 is 2.04 bits per heavy atom. The van der Waals surface area contributed by atoms with Gasteiger partial charge >= 0.3 is 0 Å². The van der Waals surface area contributed by atoms with Crippen LogP contribution in [0.3, 0.4) is 0 Å². The molecule has 1 aliphatic rings. The van der Waals surface area contributed by atoms with Gasteiger partial charge in [0, 0.05) is 44.9 Å². The van der Waals surface area contributed by atoms with E-state index in [1.54, 1.807) is 7.11 Å². The molecule has 5 nitrogen and oxygen atoms in total. The third-order valence-corrected chi connectivity index (χ3v) is 5.10. The molecule has 1 aromatic rings. The quantitative estimate of drug-likeness (QED) is 0.392. The Bertz CT molecular complexity index is 544. The zero-order valence-corrected chi connectivity index (χ0v) is 16.9. The van der Waals surface area contributed by atoms with Gasteiger partial charge in [0.15, 0.2) is 5.96 Å². The number of aliphatic imine (C=N–C) groups is 1. The molecule has 0 atom stereocenters. The Labute approximate surface area is 163 Å². The molecule has 6 heteroatoms. The first-order chi connectivity index (χ1) is 12.7. The van der Waals surface area contributed by atoms with Crippen LogP contribution in [-0.2, 0) is 11.3 Å². The fraction of sp³-hybridized carbons (Fsp3) is 0.650. The molecule has 26 heavy (non-hydrogen) atoms. The second-order valence-corrected chi connectivity index (χ2v) is 7.21. The van der Waals surface area contributed by atoms with Crippen molar-refractivity contribution in [2.45, 2.75) is 32.7 Å². The van der Waals surface area contributed by atoms with E-state index >= 15 is 0 Å². The lowest BCUT2D eigenvalue weighted by molar-refractivity contribution is 0.180. The summed E-state index contributed by atoms with van der Waals surface area (Å²) in [5.74, 6) is 1.58. The van der Waals surface area contributed by atoms with Crippen molar-refractivity contribution in [2.24, 2.45) is 10.9 Å². The molecule has 1 heterocycles. The summed E-state index contributed by atoms with van der Waals surface area (Å²) in [7, 11) is 1.73. The van der Waals surface area contributed by atoms with Crippen molar-refractivity contribution in [3.63, 3.8) is 0 Å². The predicted octanol–water partition coefficient (Wildman–Crippen LogP) is 3.14. The van der Waals surface area contributed by atoms with E-state index in [0.717, 1.165) is 63.3 Å². The molecule has 0 amide bonds. The van der Waals surface area contributed by atoms with Crippen LogP contribution in [0.4, 0.5) is 0 Å². The number of hydrogen-bond acceptors (Lipinski definition) is 3. The van der Waals surface area contributed by atoms with E-state index in [9.17, 15) is 0 Å². The molecule has 0 aliphatic carbocycles. The summed E-state index contributed by atoms with van der Waals surface area (Å²) >= 11 is 6.28. The molecule has 0 radical (unpaired) electrons. The van der Waals surface area contributed by atoms with Crippen molar-refractivity contribution in [1.82, 2.24) is 15.5 Å². The minimum atomic E-state index is 0.659. The highest BCUT2D eigenvalue weighted by atomic mass is 35.5. The molecule has 2 N–H and O–H groups in total. The third-order valence-electron chi connectivity index (χ3n) is 4.73. The van der Waals surface area contributed by atoms with Crippen LogP contribution < -0.4 is 10.6 Å². The van der Waals surface area contributed by atoms with Gasteiger partial charge in [0.25, 0.3) is 0 Å². The Morgan fingerprint density at radius 3 is 2.73 bits per heavy atom. The predicted molar refractivity (Wildman–Crippen MR) is 110 cm³/mol. The van der Waals surface area contributed by atoms with Crippen molar-refractivity contribution in [3.8, 4) is 0 Å². The molecule has 0 aromatic heterocycles. The normalized spacial score (nSPS) is 16.7. The maximum Gasteiger partial charge on any atom is 0.191 e. The van der Waals surface area contributed by atoms with E-state index in [2.05, 4.69) is 34.6 Å². The first kappa shape index (κ1) is 21.0. The molecule has 0 bridgehead atoms. The Kier molecular flexibility index (Phi) is 9.82. The number of nitrogens with zero attached hydrogens (tertiary/aromatic N) is 2. The number of halogens is 1. The highest BCUT2D eigenvalue weighted by molar-refractivity contribution is 6.31. The summed E-state index contributed by atoms with van der Waals surface area (Å²) in [6, 6.07) is 8.14. The molecule has 1 aromatic carbocycles. The van der Waals surface area contributed by atoms with Gasteiger partial charge in [0.1, 0.15) is 0 Å². The van der Waals surface area contributed by atoms with Crippen molar-refractivity contribution in [1.29, 1.82) is 0 Å². The highest BCUT2D eigenvalue weighted by Gasteiger charge is 2.19. The van der Waals surface area contributed by atoms with Crippen LogP contribution in [0.1, 0.15) is 31.7 Å². The van der Waals surface area contributed by atoms with Gasteiger partial charge < -0.3 is 15.4 Å². The average Bonchev–Trinajstić information content (AvgIpc) is 2.66. The standard InChI is InChI=1S/C20H33ClN4O/c1-3-22-20(23-11-6-14-26-2)24-15-17-9-12-25(13-10-17)16-18-7-4-5-8-19(18)21/h4-5,7-8,17H,3,6,9-16H2,1-2H3,(H2,22,23,24). The number of ether oxygens (including phenoxy) is 1. The summed E-state index contributed by atoms with van der Waals surface area (Å²) < 4.78 is 5.09. The number of rotatable bonds is 9. The second-order valence-electron chi connectivity index (χ2n) is 6.80. The summed E-state index contributed by atoms with van der Waals surface area (Å²) in [6.07, 6.45) is 3.37. The first-order valence-electron chi connectivity index (χ1n) is 9.69. The highest BCUT2D eigenvalue weighted by Crippen LogP contribution is 2.22. The van der Waals surface area contributed by atoms with E-state index in [0.29, 0.717) is 5.92 Å². The van der Waals surface area contributed by atoms with E-state index < -0.39 is 0 Å². The SMILES string of the molecule is CCNC(=NCC1CCN(Cc2ccccc2Cl)CC1)NCCCOC. The van der Waals surface area contributed by atoms with Gasteiger partial charge in [0.05, 0.1) is 0 Å². The molecule has 1 fully saturated rings. The maximum absolute atomic E-state index is 6.28. The minimum absolute atomic E-state index is 0.659. The van der Waals surface area contributed by atoms with Gasteiger partial charge in [-0.25, -0.2) is 0 Å². The van der Waals surface area contributed by atoms with Crippen molar-refractivity contribution in [3.05, 3.63) is 34.9 Å². The molecule has 2 rings (SSSR count). The van der Waals surface area contributed by atoms with Crippen LogP contribution in [0.5, 0.6) is 0 Å². The summed E-state index contributed by atoms with van der Waals surface area (Å²) in [6.45, 7) is 8.70. The van der Waals surface area contributed by atoms with Crippen LogP contribution >= 0.6 is 11.6 Å². The summed E-state index contributed by atoms with van der Waals surface area (Å²) in [4.78, 5) is 7.27. The zero-order valence-electron chi connectivity index (χ0n) is 16.1. The molecule has 1 aliphatic heterocycles. The lowest BCUT2D eigenvalue weighted by Gasteiger charge is -2.31. The molecule has 0 spiro atoms. The number of piperidine rings is 1. The number of nitrogens with one attached hydrogen (secondary N) is 2. The van der Waals surface area contributed by atoms with Crippen LogP contribution in [-0.4, -0.2) is 57.3 Å². The number of hydrogen-bond donors (Lipinski definition) is 2. The van der Waals surface area contributed by atoms with E-state index in [-0.39, 0.29) is 0 Å². The van der Waals surface area contributed by atoms with Crippen molar-refractivity contribution in [2.75, 3.05) is 46.4 Å². The molecule has 146 valence electrons. The Hall–Kier alpha value is -1.30. The fourth-order valence-corrected chi connectivity index (χ4v) is 3.38. The van der Waals surface area contributed by atoms with Gasteiger partial charge in [-0.15, -0.1) is 0 Å². The smallest absolute Gasteiger partial charge is 0.191 e. The van der Waals surface area contributed by atoms with E-state index in [1.165, 1.54) is 18.4 Å². The van der Waals surface area contributed by atoms with Crippen molar-refractivity contribution < 1.29 is 4.74 Å². The van der Waals surface area contributed by atoms with Gasteiger partial charge in [0.2, 0.25) is 0 Å². The Morgan fingerprint density at radius 1 is 1.27 bits per heavy atom. The van der Waals surface area contributed by atoms with Gasteiger partial charge in [-0.3, -0.25) is 9.89 Å². The maximum atomic E-state index is 6.28. The molecule has 0 saturated carbocycles. The zero-order chi connectivity index (χ0) is 18.6. The van der Waals surface area contributed by atoms with Gasteiger partial charge in [-0.1, -0.05) is 29.8 Å². The van der Waals surface area contributed by atoms with Crippen LogP contribution in [0, 0.1) is 5.92 Å². The number of guanidine groups is 1. The van der Waals surface area contributed by atoms with Crippen molar-refractivity contribution >= 4 is 17.6 Å². The fourth-order valence-electron chi connectivity index (χ4n) is 3.18. The largest absolute Gasteiger partial charge is 0.385 e. The number of methoxy groups -OCH3 is 1. The Balaban J connectivity index is 1.73. The number of likely N-dealkylation sites (tertiary alicyclic amines) is 1. The minimum Gasteiger partial charge on any atom is -0.385 e. The molecular formula is C20H33ClN4O. The van der Waals surface area contributed by atoms with E-state index in [1.807, 2.05) is 12.1 Å². The first-order valence-corrected chi connectivity index (χ1v) is 10.1. The van der Waals surface area contributed by atoms with Crippen LogP contribution in [0.15, 0.2) is 29.3 Å². The van der Waals surface area contributed by atoms with E-state index in [4.69, 9.17) is 21.3 Å². The molecular weight excluding hydrogens is 348 g/mol. The van der Waals surface area contributed by atoms with Gasteiger partial charge in [-0.05, 0) is 56.8 Å². The monoisotopic (exact) mass is 380 g/mol. The lowest BCUT2D eigenvalue weighted by Crippen LogP contribution is -2.39. The second kappa shape index (κ2) is 12.2. The van der Waals surface area contributed by atoms with Gasteiger partial charge in [-0.2, -0.15) is 0 Å². The molecule has 1 saturated heterocycles. The van der Waals surface area contributed by atoms with Crippen LogP contribution in [0.25, 0.3) is 0 Å². The lowest BCUT2D eigenvalue weighted by atomic mass is 9.96. The third kappa shape index (κ3) is 7.52. The molecule has 0 unspecified atom stereocenters. The summed E-state index contributed by atoms with van der Waals surface area (Å²) in [5, 5.41) is 7.57. The van der Waals surface area contributed by atoms with Crippen LogP contribution in [0.2, 0.25) is 5.02 Å². The summed E-state index contributed by atoms with van der Waals surface area (Å²) in [5.41, 5.74) is 1.22. The average molecular weight is 381 g/mol. The number of benzene rings is 1.